The van der Waals surface area contributed by atoms with Gasteiger partial charge in [0.2, 0.25) is 0 Å². The maximum absolute atomic E-state index is 12.2. The summed E-state index contributed by atoms with van der Waals surface area (Å²) >= 11 is 0. The molecule has 0 spiro atoms. The Morgan fingerprint density at radius 1 is 1.13 bits per heavy atom. The SMILES string of the molecule is COC(=O)[C@@H](CCC1CCN(C(=O)OC(C)(C)C)CC1)NC(=O)OCc1ccccc1. The number of hydrogen-bond donors (Lipinski definition) is 1. The standard InChI is InChI=1S/C23H34N2O6/c1-23(2,3)31-22(28)25-14-12-17(13-15-25)10-11-19(20(26)29-4)24-21(27)30-16-18-8-6-5-7-9-18/h5-9,17,19H,10-16H2,1-4H3,(H,24,27)/t19-/m1/s1. The summed E-state index contributed by atoms with van der Waals surface area (Å²) in [6, 6.07) is 8.56. The molecule has 0 saturated carbocycles. The van der Waals surface area contributed by atoms with Crippen LogP contribution in [0.4, 0.5) is 9.59 Å². The summed E-state index contributed by atoms with van der Waals surface area (Å²) in [6.07, 6.45) is 1.89. The smallest absolute Gasteiger partial charge is 0.410 e. The van der Waals surface area contributed by atoms with E-state index >= 15 is 0 Å². The van der Waals surface area contributed by atoms with E-state index in [1.54, 1.807) is 4.90 Å². The fraction of sp³-hybridized carbons (Fsp3) is 0.609. The molecule has 8 nitrogen and oxygen atoms in total. The second-order valence-electron chi connectivity index (χ2n) is 8.77. The summed E-state index contributed by atoms with van der Waals surface area (Å²) in [6.45, 7) is 6.92. The Hall–Kier alpha value is -2.77. The van der Waals surface area contributed by atoms with Gasteiger partial charge in [0.1, 0.15) is 18.2 Å². The molecule has 1 N–H and O–H groups in total. The molecule has 1 aromatic rings. The van der Waals surface area contributed by atoms with Crippen LogP contribution in [0.1, 0.15) is 52.0 Å². The monoisotopic (exact) mass is 434 g/mol. The Balaban J connectivity index is 1.77. The lowest BCUT2D eigenvalue weighted by atomic mass is 9.90. The first-order valence-corrected chi connectivity index (χ1v) is 10.7. The summed E-state index contributed by atoms with van der Waals surface area (Å²) in [4.78, 5) is 38.1. The van der Waals surface area contributed by atoms with Crippen molar-refractivity contribution in [2.45, 2.75) is 64.7 Å². The minimum Gasteiger partial charge on any atom is -0.467 e. The molecule has 1 aliphatic heterocycles. The van der Waals surface area contributed by atoms with Crippen LogP contribution in [-0.4, -0.2) is 54.9 Å². The largest absolute Gasteiger partial charge is 0.467 e. The highest BCUT2D eigenvalue weighted by Gasteiger charge is 2.29. The molecule has 2 amide bonds. The number of carbonyl (C=O) groups is 3. The number of amides is 2. The van der Waals surface area contributed by atoms with Crippen LogP contribution in [0.3, 0.4) is 0 Å². The third kappa shape index (κ3) is 8.86. The second kappa shape index (κ2) is 11.6. The van der Waals surface area contributed by atoms with Crippen LogP contribution in [0, 0.1) is 5.92 Å². The van der Waals surface area contributed by atoms with Crippen LogP contribution in [-0.2, 0) is 25.6 Å². The highest BCUT2D eigenvalue weighted by atomic mass is 16.6. The highest BCUT2D eigenvalue weighted by molar-refractivity contribution is 5.81. The van der Waals surface area contributed by atoms with Crippen molar-refractivity contribution in [3.05, 3.63) is 35.9 Å². The van der Waals surface area contributed by atoms with Gasteiger partial charge in [-0.05, 0) is 57.9 Å². The molecule has 1 aliphatic rings. The van der Waals surface area contributed by atoms with Crippen LogP contribution in [0.25, 0.3) is 0 Å². The minimum absolute atomic E-state index is 0.129. The van der Waals surface area contributed by atoms with E-state index in [9.17, 15) is 14.4 Å². The maximum Gasteiger partial charge on any atom is 0.410 e. The zero-order chi connectivity index (χ0) is 22.9. The van der Waals surface area contributed by atoms with Crippen LogP contribution >= 0.6 is 0 Å². The third-order valence-corrected chi connectivity index (χ3v) is 5.12. The Morgan fingerprint density at radius 3 is 2.35 bits per heavy atom. The first-order valence-electron chi connectivity index (χ1n) is 10.7. The number of nitrogens with zero attached hydrogens (tertiary/aromatic N) is 1. The lowest BCUT2D eigenvalue weighted by molar-refractivity contribution is -0.143. The number of rotatable bonds is 7. The number of likely N-dealkylation sites (tertiary alicyclic amines) is 1. The summed E-state index contributed by atoms with van der Waals surface area (Å²) < 4.78 is 15.5. The van der Waals surface area contributed by atoms with Crippen LogP contribution in [0.15, 0.2) is 30.3 Å². The van der Waals surface area contributed by atoms with Gasteiger partial charge >= 0.3 is 18.2 Å². The predicted molar refractivity (Wildman–Crippen MR) is 115 cm³/mol. The summed E-state index contributed by atoms with van der Waals surface area (Å²) in [5.41, 5.74) is 0.353. The molecule has 172 valence electrons. The molecule has 1 fully saturated rings. The van der Waals surface area contributed by atoms with E-state index in [-0.39, 0.29) is 12.7 Å². The number of carbonyl (C=O) groups excluding carboxylic acids is 3. The van der Waals surface area contributed by atoms with E-state index in [1.807, 2.05) is 51.1 Å². The van der Waals surface area contributed by atoms with Gasteiger partial charge in [-0.15, -0.1) is 0 Å². The van der Waals surface area contributed by atoms with E-state index in [0.717, 1.165) is 24.8 Å². The second-order valence-corrected chi connectivity index (χ2v) is 8.77. The van der Waals surface area contributed by atoms with E-state index in [4.69, 9.17) is 14.2 Å². The number of nitrogens with one attached hydrogen (secondary N) is 1. The fourth-order valence-electron chi connectivity index (χ4n) is 3.43. The van der Waals surface area contributed by atoms with Crippen molar-refractivity contribution in [2.24, 2.45) is 5.92 Å². The summed E-state index contributed by atoms with van der Waals surface area (Å²) in [5.74, 6) is -0.143. The molecule has 1 heterocycles. The molecule has 0 radical (unpaired) electrons. The third-order valence-electron chi connectivity index (χ3n) is 5.12. The number of piperidine rings is 1. The van der Waals surface area contributed by atoms with E-state index < -0.39 is 23.7 Å². The average Bonchev–Trinajstić information content (AvgIpc) is 2.74. The first kappa shape index (κ1) is 24.5. The molecule has 8 heteroatoms. The lowest BCUT2D eigenvalue weighted by Gasteiger charge is -2.33. The van der Waals surface area contributed by atoms with Crippen LogP contribution < -0.4 is 5.32 Å². The zero-order valence-electron chi connectivity index (χ0n) is 18.9. The van der Waals surface area contributed by atoms with Crippen molar-refractivity contribution in [1.82, 2.24) is 10.2 Å². The molecule has 0 bridgehead atoms. The maximum atomic E-state index is 12.2. The Kier molecular flexibility index (Phi) is 9.15. The van der Waals surface area contributed by atoms with Crippen LogP contribution in [0.5, 0.6) is 0 Å². The van der Waals surface area contributed by atoms with Gasteiger partial charge in [0, 0.05) is 13.1 Å². The zero-order valence-corrected chi connectivity index (χ0v) is 18.9. The van der Waals surface area contributed by atoms with Gasteiger partial charge in [-0.2, -0.15) is 0 Å². The van der Waals surface area contributed by atoms with E-state index in [2.05, 4.69) is 5.32 Å². The summed E-state index contributed by atoms with van der Waals surface area (Å²) in [7, 11) is 1.30. The Bertz CT molecular complexity index is 723. The van der Waals surface area contributed by atoms with Crippen molar-refractivity contribution < 1.29 is 28.6 Å². The highest BCUT2D eigenvalue weighted by Crippen LogP contribution is 2.24. The topological polar surface area (TPSA) is 94.2 Å². The molecule has 1 atom stereocenters. The van der Waals surface area contributed by atoms with E-state index in [0.29, 0.717) is 25.4 Å². The predicted octanol–water partition coefficient (Wildman–Crippen LogP) is 3.88. The van der Waals surface area contributed by atoms with Crippen LogP contribution in [0.2, 0.25) is 0 Å². The quantitative estimate of drug-likeness (QED) is 0.517. The van der Waals surface area contributed by atoms with Gasteiger partial charge in [0.05, 0.1) is 7.11 Å². The van der Waals surface area contributed by atoms with Gasteiger partial charge in [-0.25, -0.2) is 14.4 Å². The van der Waals surface area contributed by atoms with Crippen molar-refractivity contribution in [2.75, 3.05) is 20.2 Å². The molecule has 0 aromatic heterocycles. The Labute approximate surface area is 184 Å². The van der Waals surface area contributed by atoms with Gasteiger partial charge in [-0.1, -0.05) is 30.3 Å². The van der Waals surface area contributed by atoms with Gasteiger partial charge in [-0.3, -0.25) is 0 Å². The number of hydrogen-bond acceptors (Lipinski definition) is 6. The fourth-order valence-corrected chi connectivity index (χ4v) is 3.43. The number of benzene rings is 1. The van der Waals surface area contributed by atoms with Crippen molar-refractivity contribution in [1.29, 1.82) is 0 Å². The minimum atomic E-state index is -0.767. The molecule has 0 aliphatic carbocycles. The Morgan fingerprint density at radius 2 is 1.77 bits per heavy atom. The molecule has 1 saturated heterocycles. The molecular weight excluding hydrogens is 400 g/mol. The van der Waals surface area contributed by atoms with Crippen molar-refractivity contribution in [3.63, 3.8) is 0 Å². The molecule has 31 heavy (non-hydrogen) atoms. The van der Waals surface area contributed by atoms with Gasteiger partial charge in [0.25, 0.3) is 0 Å². The molecule has 0 unspecified atom stereocenters. The normalized spacial score (nSPS) is 15.7. The molecular formula is C23H34N2O6. The van der Waals surface area contributed by atoms with Crippen molar-refractivity contribution >= 4 is 18.2 Å². The van der Waals surface area contributed by atoms with Gasteiger partial charge in [0.15, 0.2) is 0 Å². The van der Waals surface area contributed by atoms with Crippen molar-refractivity contribution in [3.8, 4) is 0 Å². The molecule has 1 aromatic carbocycles. The first-order chi connectivity index (χ1) is 14.7. The average molecular weight is 435 g/mol. The van der Waals surface area contributed by atoms with Gasteiger partial charge < -0.3 is 24.4 Å². The number of esters is 1. The lowest BCUT2D eigenvalue weighted by Crippen LogP contribution is -2.43. The number of methoxy groups -OCH3 is 1. The molecule has 2 rings (SSSR count). The van der Waals surface area contributed by atoms with E-state index in [1.165, 1.54) is 7.11 Å². The summed E-state index contributed by atoms with van der Waals surface area (Å²) in [5, 5.41) is 2.61. The number of alkyl carbamates (subject to hydrolysis) is 1. The number of ether oxygens (including phenoxy) is 3.